The van der Waals surface area contributed by atoms with Crippen molar-refractivity contribution in [1.82, 2.24) is 9.97 Å². The maximum atomic E-state index is 4.56. The van der Waals surface area contributed by atoms with Gasteiger partial charge >= 0.3 is 0 Å². The molecule has 2 heterocycles. The first-order valence-electron chi connectivity index (χ1n) is 7.67. The van der Waals surface area contributed by atoms with E-state index in [0.717, 1.165) is 11.0 Å². The fourth-order valence-electron chi connectivity index (χ4n) is 3.91. The minimum atomic E-state index is 0.0402. The Morgan fingerprint density at radius 3 is 2.64 bits per heavy atom. The number of pyridine rings is 1. The van der Waals surface area contributed by atoms with Crippen LogP contribution in [0.15, 0.2) is 54.7 Å². The number of benzene rings is 2. The van der Waals surface area contributed by atoms with Crippen LogP contribution < -0.4 is 0 Å². The van der Waals surface area contributed by atoms with Crippen LogP contribution >= 0.6 is 0 Å². The summed E-state index contributed by atoms with van der Waals surface area (Å²) in [4.78, 5) is 8.06. The van der Waals surface area contributed by atoms with Gasteiger partial charge in [0.1, 0.15) is 0 Å². The van der Waals surface area contributed by atoms with Crippen molar-refractivity contribution in [3.05, 3.63) is 65.9 Å². The van der Waals surface area contributed by atoms with Crippen LogP contribution in [0.1, 0.15) is 25.0 Å². The van der Waals surface area contributed by atoms with Gasteiger partial charge in [-0.15, -0.1) is 0 Å². The smallest absolute Gasteiger partial charge is 0.0957 e. The van der Waals surface area contributed by atoms with Crippen LogP contribution in [0.5, 0.6) is 0 Å². The fraction of sp³-hybridized carbons (Fsp3) is 0.150. The van der Waals surface area contributed by atoms with E-state index in [4.69, 9.17) is 0 Å². The molecule has 2 aromatic heterocycles. The predicted molar refractivity (Wildman–Crippen MR) is 91.2 cm³/mol. The lowest BCUT2D eigenvalue weighted by Crippen LogP contribution is -2.14. The normalized spacial score (nSPS) is 15.2. The topological polar surface area (TPSA) is 28.7 Å². The SMILES string of the molecule is CC1(C)c2ccccc2-c2cc3[nH]c4cccnc4c3cc21. The number of rotatable bonds is 0. The largest absolute Gasteiger partial charge is 0.353 e. The molecule has 1 aliphatic carbocycles. The van der Waals surface area contributed by atoms with Crippen molar-refractivity contribution >= 4 is 21.9 Å². The van der Waals surface area contributed by atoms with Gasteiger partial charge in [0.15, 0.2) is 0 Å². The molecule has 0 spiro atoms. The predicted octanol–water partition coefficient (Wildman–Crippen LogP) is 5.02. The molecule has 1 aliphatic rings. The summed E-state index contributed by atoms with van der Waals surface area (Å²) in [6.45, 7) is 4.62. The maximum absolute atomic E-state index is 4.56. The molecule has 22 heavy (non-hydrogen) atoms. The van der Waals surface area contributed by atoms with Gasteiger partial charge < -0.3 is 4.98 Å². The summed E-state index contributed by atoms with van der Waals surface area (Å²) in [7, 11) is 0. The van der Waals surface area contributed by atoms with Gasteiger partial charge in [0.25, 0.3) is 0 Å². The van der Waals surface area contributed by atoms with Crippen LogP contribution in [0.25, 0.3) is 33.1 Å². The van der Waals surface area contributed by atoms with Crippen LogP contribution in [0.2, 0.25) is 0 Å². The molecule has 2 heteroatoms. The number of aromatic amines is 1. The van der Waals surface area contributed by atoms with Crippen molar-refractivity contribution in [1.29, 1.82) is 0 Å². The van der Waals surface area contributed by atoms with E-state index in [1.165, 1.54) is 33.2 Å². The molecule has 5 rings (SSSR count). The third-order valence-electron chi connectivity index (χ3n) is 5.05. The highest BCUT2D eigenvalue weighted by atomic mass is 14.8. The van der Waals surface area contributed by atoms with E-state index in [2.05, 4.69) is 66.3 Å². The van der Waals surface area contributed by atoms with Crippen molar-refractivity contribution in [2.24, 2.45) is 0 Å². The average molecular weight is 284 g/mol. The summed E-state index contributed by atoms with van der Waals surface area (Å²) in [5.74, 6) is 0. The zero-order valence-corrected chi connectivity index (χ0v) is 12.6. The Hall–Kier alpha value is -2.61. The first kappa shape index (κ1) is 12.0. The van der Waals surface area contributed by atoms with Crippen LogP contribution in [0, 0.1) is 0 Å². The van der Waals surface area contributed by atoms with Gasteiger partial charge in [-0.05, 0) is 46.5 Å². The van der Waals surface area contributed by atoms with Crippen molar-refractivity contribution < 1.29 is 0 Å². The first-order chi connectivity index (χ1) is 10.7. The number of aromatic nitrogens is 2. The summed E-state index contributed by atoms with van der Waals surface area (Å²) in [5.41, 5.74) is 8.89. The molecule has 0 aliphatic heterocycles. The van der Waals surface area contributed by atoms with E-state index in [1.807, 2.05) is 12.3 Å². The van der Waals surface area contributed by atoms with Crippen molar-refractivity contribution in [3.8, 4) is 11.1 Å². The Balaban J connectivity index is 1.95. The molecule has 0 fully saturated rings. The van der Waals surface area contributed by atoms with Crippen molar-refractivity contribution in [2.45, 2.75) is 19.3 Å². The summed E-state index contributed by atoms with van der Waals surface area (Å²) in [6.07, 6.45) is 1.86. The number of hydrogen-bond acceptors (Lipinski definition) is 1. The molecule has 4 aromatic rings. The van der Waals surface area contributed by atoms with Crippen LogP contribution in [0.3, 0.4) is 0 Å². The fourth-order valence-corrected chi connectivity index (χ4v) is 3.91. The summed E-state index contributed by atoms with van der Waals surface area (Å²) in [6, 6.07) is 17.4. The highest BCUT2D eigenvalue weighted by molar-refractivity contribution is 6.07. The second kappa shape index (κ2) is 3.77. The van der Waals surface area contributed by atoms with Crippen LogP contribution in [0.4, 0.5) is 0 Å². The van der Waals surface area contributed by atoms with Crippen LogP contribution in [-0.4, -0.2) is 9.97 Å². The molecule has 1 N–H and O–H groups in total. The Bertz CT molecular complexity index is 1050. The molecule has 0 unspecified atom stereocenters. The molecular weight excluding hydrogens is 268 g/mol. The molecule has 0 radical (unpaired) electrons. The van der Waals surface area contributed by atoms with Gasteiger partial charge in [0.05, 0.1) is 11.0 Å². The third-order valence-corrected chi connectivity index (χ3v) is 5.05. The molecule has 2 aromatic carbocycles. The van der Waals surface area contributed by atoms with E-state index >= 15 is 0 Å². The Morgan fingerprint density at radius 1 is 0.864 bits per heavy atom. The van der Waals surface area contributed by atoms with E-state index in [0.29, 0.717) is 0 Å². The Labute approximate surface area is 128 Å². The molecule has 0 amide bonds. The molecule has 0 saturated carbocycles. The molecule has 0 atom stereocenters. The number of H-pyrrole nitrogens is 1. The van der Waals surface area contributed by atoms with Gasteiger partial charge in [0, 0.05) is 22.5 Å². The quantitative estimate of drug-likeness (QED) is 0.482. The zero-order chi connectivity index (χ0) is 14.9. The van der Waals surface area contributed by atoms with E-state index in [1.54, 1.807) is 0 Å². The summed E-state index contributed by atoms with van der Waals surface area (Å²) in [5, 5.41) is 1.22. The number of nitrogens with zero attached hydrogens (tertiary/aromatic N) is 1. The van der Waals surface area contributed by atoms with Gasteiger partial charge in [-0.3, -0.25) is 4.98 Å². The minimum absolute atomic E-state index is 0.0402. The number of fused-ring (bicyclic) bond motifs is 6. The highest BCUT2D eigenvalue weighted by Crippen LogP contribution is 2.49. The highest BCUT2D eigenvalue weighted by Gasteiger charge is 2.35. The molecule has 106 valence electrons. The van der Waals surface area contributed by atoms with E-state index in [-0.39, 0.29) is 5.41 Å². The second-order valence-corrected chi connectivity index (χ2v) is 6.64. The van der Waals surface area contributed by atoms with Gasteiger partial charge in [-0.1, -0.05) is 38.1 Å². The third kappa shape index (κ3) is 1.32. The Kier molecular flexibility index (Phi) is 2.06. The van der Waals surface area contributed by atoms with Gasteiger partial charge in [0.2, 0.25) is 0 Å². The first-order valence-corrected chi connectivity index (χ1v) is 7.67. The van der Waals surface area contributed by atoms with Crippen LogP contribution in [-0.2, 0) is 5.41 Å². The zero-order valence-electron chi connectivity index (χ0n) is 12.6. The monoisotopic (exact) mass is 284 g/mol. The molecule has 0 bridgehead atoms. The lowest BCUT2D eigenvalue weighted by molar-refractivity contribution is 0.661. The number of nitrogens with one attached hydrogen (secondary N) is 1. The summed E-state index contributed by atoms with van der Waals surface area (Å²) < 4.78 is 0. The molecule has 0 saturated heterocycles. The van der Waals surface area contributed by atoms with E-state index in [9.17, 15) is 0 Å². The van der Waals surface area contributed by atoms with E-state index < -0.39 is 0 Å². The van der Waals surface area contributed by atoms with Crippen molar-refractivity contribution in [3.63, 3.8) is 0 Å². The lowest BCUT2D eigenvalue weighted by Gasteiger charge is -2.21. The molecule has 2 nitrogen and oxygen atoms in total. The van der Waals surface area contributed by atoms with Gasteiger partial charge in [-0.25, -0.2) is 0 Å². The van der Waals surface area contributed by atoms with Gasteiger partial charge in [-0.2, -0.15) is 0 Å². The second-order valence-electron chi connectivity index (χ2n) is 6.64. The van der Waals surface area contributed by atoms with Crippen molar-refractivity contribution in [2.75, 3.05) is 0 Å². The average Bonchev–Trinajstić information content (AvgIpc) is 3.00. The maximum Gasteiger partial charge on any atom is 0.0957 e. The lowest BCUT2D eigenvalue weighted by atomic mass is 9.82. The number of hydrogen-bond donors (Lipinski definition) is 1. The molecular formula is C20H16N2. The standard InChI is InChI=1S/C20H16N2/c1-20(2)15-7-4-3-6-12(15)13-11-18-14(10-16(13)20)19-17(22-18)8-5-9-21-19/h3-11,22H,1-2H3. The Morgan fingerprint density at radius 2 is 1.73 bits per heavy atom. The summed E-state index contributed by atoms with van der Waals surface area (Å²) >= 11 is 0. The minimum Gasteiger partial charge on any atom is -0.353 e.